The lowest BCUT2D eigenvalue weighted by Crippen LogP contribution is -2.20. The number of ether oxygens (including phenoxy) is 1. The summed E-state index contributed by atoms with van der Waals surface area (Å²) in [4.78, 5) is 16.8. The van der Waals surface area contributed by atoms with Crippen molar-refractivity contribution in [2.75, 3.05) is 13.2 Å². The summed E-state index contributed by atoms with van der Waals surface area (Å²) in [5.41, 5.74) is 0.661. The fourth-order valence-electron chi connectivity index (χ4n) is 2.43. The molecule has 0 saturated carbocycles. The third-order valence-electron chi connectivity index (χ3n) is 3.61. The summed E-state index contributed by atoms with van der Waals surface area (Å²) in [6.07, 6.45) is 0. The molecule has 4 nitrogen and oxygen atoms in total. The number of carbonyl (C=O) groups excluding carboxylic acids is 1. The highest BCUT2D eigenvalue weighted by Crippen LogP contribution is 2.19. The predicted molar refractivity (Wildman–Crippen MR) is 92.6 cm³/mol. The molecule has 130 valence electrons. The molecule has 1 aromatic heterocycles. The maximum absolute atomic E-state index is 13.8. The Morgan fingerprint density at radius 1 is 1.24 bits per heavy atom. The van der Waals surface area contributed by atoms with E-state index in [0.29, 0.717) is 29.3 Å². The highest BCUT2D eigenvalue weighted by molar-refractivity contribution is 7.16. The first-order chi connectivity index (χ1) is 12.1. The zero-order valence-corrected chi connectivity index (χ0v) is 14.4. The van der Waals surface area contributed by atoms with E-state index in [1.807, 2.05) is 6.92 Å². The molecule has 2 aromatic carbocycles. The van der Waals surface area contributed by atoms with Gasteiger partial charge in [-0.1, -0.05) is 23.5 Å². The fourth-order valence-corrected chi connectivity index (χ4v) is 3.51. The van der Waals surface area contributed by atoms with Crippen LogP contribution >= 0.6 is 11.3 Å². The van der Waals surface area contributed by atoms with Crippen LogP contribution in [0.15, 0.2) is 47.5 Å². The van der Waals surface area contributed by atoms with E-state index >= 15 is 0 Å². The lowest BCUT2D eigenvalue weighted by Gasteiger charge is -2.05. The van der Waals surface area contributed by atoms with E-state index < -0.39 is 11.7 Å². The van der Waals surface area contributed by atoms with Gasteiger partial charge in [0, 0.05) is 13.2 Å². The van der Waals surface area contributed by atoms with Crippen molar-refractivity contribution in [1.29, 1.82) is 0 Å². The van der Waals surface area contributed by atoms with Gasteiger partial charge in [0.2, 0.25) is 0 Å². The second-order valence-electron chi connectivity index (χ2n) is 5.24. The van der Waals surface area contributed by atoms with Gasteiger partial charge in [0.1, 0.15) is 11.6 Å². The first-order valence-electron chi connectivity index (χ1n) is 7.80. The molecule has 0 fully saturated rings. The van der Waals surface area contributed by atoms with Crippen molar-refractivity contribution in [1.82, 2.24) is 4.57 Å². The Morgan fingerprint density at radius 2 is 2.04 bits per heavy atom. The molecule has 0 spiro atoms. The minimum atomic E-state index is -0.671. The molecule has 3 aromatic rings. The molecule has 0 N–H and O–H groups in total. The zero-order chi connectivity index (χ0) is 17.8. The number of halogens is 2. The molecule has 0 bridgehead atoms. The second-order valence-corrected chi connectivity index (χ2v) is 6.25. The third-order valence-corrected chi connectivity index (χ3v) is 4.65. The van der Waals surface area contributed by atoms with Gasteiger partial charge in [0.15, 0.2) is 4.80 Å². The van der Waals surface area contributed by atoms with Crippen LogP contribution in [0.25, 0.3) is 10.2 Å². The van der Waals surface area contributed by atoms with E-state index in [9.17, 15) is 13.6 Å². The smallest absolute Gasteiger partial charge is 0.282 e. The molecule has 0 aliphatic heterocycles. The van der Waals surface area contributed by atoms with Crippen LogP contribution in [0.3, 0.4) is 0 Å². The fraction of sp³-hybridized carbons (Fsp3) is 0.222. The number of benzene rings is 2. The normalized spacial score (nSPS) is 12.0. The zero-order valence-electron chi connectivity index (χ0n) is 13.5. The van der Waals surface area contributed by atoms with Crippen LogP contribution in [0.5, 0.6) is 0 Å². The van der Waals surface area contributed by atoms with E-state index in [2.05, 4.69) is 4.99 Å². The standard InChI is InChI=1S/C18H16F2N2O2S/c1-2-24-10-9-22-15-8-7-12(19)11-16(15)25-18(22)21-17(23)13-5-3-4-6-14(13)20/h3-8,11H,2,9-10H2,1H3. The molecular weight excluding hydrogens is 346 g/mol. The molecule has 7 heteroatoms. The highest BCUT2D eigenvalue weighted by atomic mass is 32.1. The molecule has 0 aliphatic carbocycles. The summed E-state index contributed by atoms with van der Waals surface area (Å²) in [7, 11) is 0. The van der Waals surface area contributed by atoms with Gasteiger partial charge in [-0.2, -0.15) is 4.99 Å². The van der Waals surface area contributed by atoms with Gasteiger partial charge in [0.25, 0.3) is 5.91 Å². The topological polar surface area (TPSA) is 43.6 Å². The van der Waals surface area contributed by atoms with E-state index in [4.69, 9.17) is 4.74 Å². The van der Waals surface area contributed by atoms with Crippen molar-refractivity contribution in [3.05, 3.63) is 64.5 Å². The molecule has 1 amide bonds. The van der Waals surface area contributed by atoms with Crippen molar-refractivity contribution < 1.29 is 18.3 Å². The molecule has 3 rings (SSSR count). The number of nitrogens with zero attached hydrogens (tertiary/aromatic N) is 2. The maximum atomic E-state index is 13.8. The van der Waals surface area contributed by atoms with Gasteiger partial charge in [0.05, 0.1) is 22.4 Å². The Morgan fingerprint density at radius 3 is 2.80 bits per heavy atom. The van der Waals surface area contributed by atoms with Crippen molar-refractivity contribution in [2.24, 2.45) is 4.99 Å². The van der Waals surface area contributed by atoms with E-state index in [1.165, 1.54) is 41.7 Å². The van der Waals surface area contributed by atoms with Gasteiger partial charge in [-0.25, -0.2) is 8.78 Å². The number of aromatic nitrogens is 1. The van der Waals surface area contributed by atoms with Crippen LogP contribution in [0.2, 0.25) is 0 Å². The largest absolute Gasteiger partial charge is 0.380 e. The second kappa shape index (κ2) is 7.67. The van der Waals surface area contributed by atoms with Crippen LogP contribution in [0.4, 0.5) is 8.78 Å². The third kappa shape index (κ3) is 3.83. The van der Waals surface area contributed by atoms with Gasteiger partial charge >= 0.3 is 0 Å². The van der Waals surface area contributed by atoms with Crippen LogP contribution in [0, 0.1) is 11.6 Å². The number of fused-ring (bicyclic) bond motifs is 1. The maximum Gasteiger partial charge on any atom is 0.282 e. The summed E-state index contributed by atoms with van der Waals surface area (Å²) in [6.45, 7) is 3.35. The SMILES string of the molecule is CCOCCn1c(=NC(=O)c2ccccc2F)sc2cc(F)ccc21. The van der Waals surface area contributed by atoms with E-state index in [0.717, 1.165) is 5.52 Å². The highest BCUT2D eigenvalue weighted by Gasteiger charge is 2.12. The first-order valence-corrected chi connectivity index (χ1v) is 8.62. The average Bonchev–Trinajstić information content (AvgIpc) is 2.92. The molecule has 0 radical (unpaired) electrons. The van der Waals surface area contributed by atoms with Gasteiger partial charge in [-0.05, 0) is 37.3 Å². The van der Waals surface area contributed by atoms with Crippen LogP contribution < -0.4 is 4.80 Å². The number of rotatable bonds is 5. The van der Waals surface area contributed by atoms with Crippen LogP contribution in [-0.2, 0) is 11.3 Å². The Bertz CT molecular complexity index is 979. The number of hydrogen-bond donors (Lipinski definition) is 0. The molecule has 25 heavy (non-hydrogen) atoms. The molecule has 0 unspecified atom stereocenters. The molecular formula is C18H16F2N2O2S. The summed E-state index contributed by atoms with van der Waals surface area (Å²) >= 11 is 1.18. The summed E-state index contributed by atoms with van der Waals surface area (Å²) in [5, 5.41) is 0. The van der Waals surface area contributed by atoms with Crippen molar-refractivity contribution in [2.45, 2.75) is 13.5 Å². The number of carbonyl (C=O) groups is 1. The number of hydrogen-bond acceptors (Lipinski definition) is 3. The van der Waals surface area contributed by atoms with Crippen LogP contribution in [-0.4, -0.2) is 23.7 Å². The first kappa shape index (κ1) is 17.4. The molecule has 0 atom stereocenters. The lowest BCUT2D eigenvalue weighted by atomic mass is 10.2. The Kier molecular flexibility index (Phi) is 5.35. The van der Waals surface area contributed by atoms with Crippen molar-refractivity contribution in [3.63, 3.8) is 0 Å². The van der Waals surface area contributed by atoms with Crippen molar-refractivity contribution >= 4 is 27.5 Å². The van der Waals surface area contributed by atoms with E-state index in [1.54, 1.807) is 16.7 Å². The predicted octanol–water partition coefficient (Wildman–Crippen LogP) is 3.76. The monoisotopic (exact) mass is 362 g/mol. The summed E-state index contributed by atoms with van der Waals surface area (Å²) < 4.78 is 35.1. The minimum absolute atomic E-state index is 0.0949. The Labute approximate surface area is 147 Å². The van der Waals surface area contributed by atoms with Gasteiger partial charge in [-0.3, -0.25) is 4.79 Å². The number of amides is 1. The molecule has 0 saturated heterocycles. The lowest BCUT2D eigenvalue weighted by molar-refractivity contribution is 0.0993. The number of thiazole rings is 1. The van der Waals surface area contributed by atoms with Crippen LogP contribution in [0.1, 0.15) is 17.3 Å². The Hall–Kier alpha value is -2.38. The van der Waals surface area contributed by atoms with Gasteiger partial charge < -0.3 is 9.30 Å². The minimum Gasteiger partial charge on any atom is -0.380 e. The van der Waals surface area contributed by atoms with Gasteiger partial charge in [-0.15, -0.1) is 0 Å². The molecule has 0 aliphatic rings. The summed E-state index contributed by atoms with van der Waals surface area (Å²) in [5.74, 6) is -1.66. The van der Waals surface area contributed by atoms with Crippen molar-refractivity contribution in [3.8, 4) is 0 Å². The molecule has 1 heterocycles. The Balaban J connectivity index is 2.08. The average molecular weight is 362 g/mol. The quantitative estimate of drug-likeness (QED) is 0.649. The van der Waals surface area contributed by atoms with E-state index in [-0.39, 0.29) is 11.4 Å². The summed E-state index contributed by atoms with van der Waals surface area (Å²) in [6, 6.07) is 10.1.